The molecule has 0 unspecified atom stereocenters. The monoisotopic (exact) mass is 331 g/mol. The number of rotatable bonds is 2. The van der Waals surface area contributed by atoms with Crippen LogP contribution in [0.4, 0.5) is 13.2 Å². The molecule has 0 atom stereocenters. The fourth-order valence-electron chi connectivity index (χ4n) is 1.04. The molecule has 1 N–H and O–H groups in total. The third-order valence-corrected chi connectivity index (χ3v) is 2.57. The van der Waals surface area contributed by atoms with Crippen molar-refractivity contribution in [2.24, 2.45) is 0 Å². The van der Waals surface area contributed by atoms with E-state index in [1.165, 1.54) is 6.20 Å². The first-order chi connectivity index (χ1) is 6.82. The molecule has 0 aliphatic rings. The van der Waals surface area contributed by atoms with Crippen molar-refractivity contribution in [3.63, 3.8) is 0 Å². The average molecular weight is 331 g/mol. The van der Waals surface area contributed by atoms with Gasteiger partial charge in [0, 0.05) is 16.0 Å². The maximum atomic E-state index is 12.4. The zero-order chi connectivity index (χ0) is 11.6. The molecular formula is C8H5F3INO2. The minimum absolute atomic E-state index is 0.199. The van der Waals surface area contributed by atoms with Crippen LogP contribution in [0.1, 0.15) is 11.1 Å². The van der Waals surface area contributed by atoms with Crippen molar-refractivity contribution in [1.29, 1.82) is 0 Å². The molecule has 0 saturated heterocycles. The van der Waals surface area contributed by atoms with Crippen molar-refractivity contribution < 1.29 is 23.1 Å². The highest BCUT2D eigenvalue weighted by molar-refractivity contribution is 14.1. The maximum absolute atomic E-state index is 12.4. The largest absolute Gasteiger partial charge is 0.481 e. The number of aromatic nitrogens is 1. The van der Waals surface area contributed by atoms with Gasteiger partial charge in [-0.1, -0.05) is 0 Å². The maximum Gasteiger partial charge on any atom is 0.418 e. The van der Waals surface area contributed by atoms with Crippen LogP contribution in [0.15, 0.2) is 12.4 Å². The molecule has 0 bridgehead atoms. The van der Waals surface area contributed by atoms with Gasteiger partial charge in [0.15, 0.2) is 0 Å². The lowest BCUT2D eigenvalue weighted by Crippen LogP contribution is -2.14. The highest BCUT2D eigenvalue weighted by atomic mass is 127. The van der Waals surface area contributed by atoms with Gasteiger partial charge in [0.05, 0.1) is 12.0 Å². The molecule has 1 heterocycles. The van der Waals surface area contributed by atoms with E-state index in [1.807, 2.05) is 0 Å². The van der Waals surface area contributed by atoms with Crippen molar-refractivity contribution in [2.45, 2.75) is 12.6 Å². The molecule has 7 heteroatoms. The van der Waals surface area contributed by atoms with Crippen LogP contribution in [0.25, 0.3) is 0 Å². The fraction of sp³-hybridized carbons (Fsp3) is 0.250. The van der Waals surface area contributed by atoms with Gasteiger partial charge in [0.2, 0.25) is 0 Å². The van der Waals surface area contributed by atoms with Crippen LogP contribution >= 0.6 is 22.6 Å². The van der Waals surface area contributed by atoms with E-state index in [0.717, 1.165) is 0 Å². The molecule has 1 aromatic rings. The summed E-state index contributed by atoms with van der Waals surface area (Å²) in [6.07, 6.45) is -3.39. The summed E-state index contributed by atoms with van der Waals surface area (Å²) < 4.78 is 37.5. The van der Waals surface area contributed by atoms with Gasteiger partial charge < -0.3 is 5.11 Å². The Balaban J connectivity index is 3.26. The Morgan fingerprint density at radius 1 is 1.47 bits per heavy atom. The van der Waals surface area contributed by atoms with Gasteiger partial charge in [0.25, 0.3) is 0 Å². The lowest BCUT2D eigenvalue weighted by atomic mass is 10.1. The summed E-state index contributed by atoms with van der Waals surface area (Å²) in [6.45, 7) is 0. The predicted molar refractivity (Wildman–Crippen MR) is 53.3 cm³/mol. The van der Waals surface area contributed by atoms with Gasteiger partial charge in [-0.15, -0.1) is 0 Å². The molecule has 0 aliphatic carbocycles. The molecule has 3 nitrogen and oxygen atoms in total. The normalized spacial score (nSPS) is 11.5. The number of nitrogens with zero attached hydrogens (tertiary/aromatic N) is 1. The second-order valence-electron chi connectivity index (χ2n) is 2.72. The first kappa shape index (κ1) is 12.2. The van der Waals surface area contributed by atoms with Crippen LogP contribution in [-0.4, -0.2) is 16.1 Å². The first-order valence-electron chi connectivity index (χ1n) is 3.73. The van der Waals surface area contributed by atoms with Crippen molar-refractivity contribution >= 4 is 28.6 Å². The quantitative estimate of drug-likeness (QED) is 0.847. The van der Waals surface area contributed by atoms with Crippen LogP contribution in [0.2, 0.25) is 0 Å². The molecule has 0 aliphatic heterocycles. The second kappa shape index (κ2) is 4.33. The van der Waals surface area contributed by atoms with E-state index in [2.05, 4.69) is 4.98 Å². The Kier molecular flexibility index (Phi) is 3.53. The van der Waals surface area contributed by atoms with Crippen LogP contribution in [0, 0.1) is 3.57 Å². The van der Waals surface area contributed by atoms with Crippen LogP contribution < -0.4 is 0 Å². The van der Waals surface area contributed by atoms with Crippen molar-refractivity contribution in [3.8, 4) is 0 Å². The van der Waals surface area contributed by atoms with Gasteiger partial charge in [0.1, 0.15) is 0 Å². The van der Waals surface area contributed by atoms with E-state index < -0.39 is 24.1 Å². The summed E-state index contributed by atoms with van der Waals surface area (Å²) in [7, 11) is 0. The lowest BCUT2D eigenvalue weighted by Gasteiger charge is -2.11. The van der Waals surface area contributed by atoms with Crippen LogP contribution in [0.5, 0.6) is 0 Å². The van der Waals surface area contributed by atoms with E-state index in [-0.39, 0.29) is 9.13 Å². The van der Waals surface area contributed by atoms with E-state index in [4.69, 9.17) is 5.11 Å². The Labute approximate surface area is 96.5 Å². The summed E-state index contributed by atoms with van der Waals surface area (Å²) in [5.41, 5.74) is -1.23. The first-order valence-corrected chi connectivity index (χ1v) is 4.81. The molecular weight excluding hydrogens is 326 g/mol. The number of carboxylic acids is 1. The zero-order valence-electron chi connectivity index (χ0n) is 7.18. The summed E-state index contributed by atoms with van der Waals surface area (Å²) in [5, 5.41) is 8.49. The number of pyridine rings is 1. The van der Waals surface area contributed by atoms with Gasteiger partial charge >= 0.3 is 12.1 Å². The highest BCUT2D eigenvalue weighted by Gasteiger charge is 2.35. The van der Waals surface area contributed by atoms with E-state index in [1.54, 1.807) is 22.6 Å². The highest BCUT2D eigenvalue weighted by Crippen LogP contribution is 2.33. The number of hydrogen-bond acceptors (Lipinski definition) is 2. The number of halogens is 4. The molecule has 0 spiro atoms. The lowest BCUT2D eigenvalue weighted by molar-refractivity contribution is -0.139. The van der Waals surface area contributed by atoms with E-state index >= 15 is 0 Å². The van der Waals surface area contributed by atoms with Gasteiger partial charge in [-0.3, -0.25) is 9.78 Å². The number of aliphatic carboxylic acids is 1. The number of carbonyl (C=O) groups is 1. The number of carboxylic acid groups (broad SMARTS) is 1. The topological polar surface area (TPSA) is 50.2 Å². The van der Waals surface area contributed by atoms with Crippen molar-refractivity contribution in [2.75, 3.05) is 0 Å². The van der Waals surface area contributed by atoms with Crippen LogP contribution in [0.3, 0.4) is 0 Å². The molecule has 0 radical (unpaired) electrons. The number of hydrogen-bond donors (Lipinski definition) is 1. The van der Waals surface area contributed by atoms with Gasteiger partial charge in [-0.25, -0.2) is 0 Å². The molecule has 15 heavy (non-hydrogen) atoms. The standard InChI is InChI=1S/C8H5F3INO2/c9-8(10,11)5-2-13-3-6(12)4(5)1-7(14)15/h2-3H,1H2,(H,14,15). The molecule has 0 fully saturated rings. The third kappa shape index (κ3) is 3.05. The Morgan fingerprint density at radius 3 is 2.53 bits per heavy atom. The van der Waals surface area contributed by atoms with Crippen molar-refractivity contribution in [3.05, 3.63) is 27.1 Å². The molecule has 0 saturated carbocycles. The molecule has 0 amide bonds. The fourth-order valence-corrected chi connectivity index (χ4v) is 1.68. The molecule has 0 aromatic carbocycles. The minimum atomic E-state index is -4.57. The summed E-state index contributed by atoms with van der Waals surface area (Å²) in [6, 6.07) is 0. The average Bonchev–Trinajstić information content (AvgIpc) is 2.05. The van der Waals surface area contributed by atoms with Gasteiger partial charge in [-0.05, 0) is 28.2 Å². The minimum Gasteiger partial charge on any atom is -0.481 e. The SMILES string of the molecule is O=C(O)Cc1c(I)cncc1C(F)(F)F. The molecule has 1 aromatic heterocycles. The summed E-state index contributed by atoms with van der Waals surface area (Å²) in [4.78, 5) is 13.8. The molecule has 1 rings (SSSR count). The predicted octanol–water partition coefficient (Wildman–Crippen LogP) is 2.33. The van der Waals surface area contributed by atoms with Crippen LogP contribution in [-0.2, 0) is 17.4 Å². The Bertz CT molecular complexity index is 392. The van der Waals surface area contributed by atoms with Crippen molar-refractivity contribution in [1.82, 2.24) is 4.98 Å². The smallest absolute Gasteiger partial charge is 0.418 e. The Morgan fingerprint density at radius 2 is 2.07 bits per heavy atom. The Hall–Kier alpha value is -0.860. The summed E-state index contributed by atoms with van der Waals surface area (Å²) in [5.74, 6) is -1.30. The van der Waals surface area contributed by atoms with Gasteiger partial charge in [-0.2, -0.15) is 13.2 Å². The van der Waals surface area contributed by atoms with E-state index in [0.29, 0.717) is 6.20 Å². The third-order valence-electron chi connectivity index (χ3n) is 1.64. The summed E-state index contributed by atoms with van der Waals surface area (Å²) >= 11 is 1.63. The van der Waals surface area contributed by atoms with E-state index in [9.17, 15) is 18.0 Å². The molecule has 82 valence electrons. The number of alkyl halides is 3. The second-order valence-corrected chi connectivity index (χ2v) is 3.88. The zero-order valence-corrected chi connectivity index (χ0v) is 9.33.